The Morgan fingerprint density at radius 3 is 2.61 bits per heavy atom. The Hall–Kier alpha value is -1.10. The highest BCUT2D eigenvalue weighted by atomic mass is 16.5. The summed E-state index contributed by atoms with van der Waals surface area (Å²) in [4.78, 5) is 25.5. The Morgan fingerprint density at radius 1 is 1.50 bits per heavy atom. The first kappa shape index (κ1) is 15.0. The molecule has 0 N–H and O–H groups in total. The fourth-order valence-electron chi connectivity index (χ4n) is 2.40. The van der Waals surface area contributed by atoms with E-state index >= 15 is 0 Å². The Morgan fingerprint density at radius 2 is 2.11 bits per heavy atom. The molecule has 104 valence electrons. The molecular formula is C13H23NO4. The minimum atomic E-state index is -0.546. The van der Waals surface area contributed by atoms with Crippen LogP contribution in [0.1, 0.15) is 27.7 Å². The zero-order valence-corrected chi connectivity index (χ0v) is 11.9. The van der Waals surface area contributed by atoms with E-state index in [-0.39, 0.29) is 23.9 Å². The second-order valence-electron chi connectivity index (χ2n) is 5.17. The lowest BCUT2D eigenvalue weighted by atomic mass is 9.81. The summed E-state index contributed by atoms with van der Waals surface area (Å²) in [5.41, 5.74) is -0.546. The van der Waals surface area contributed by atoms with Crippen molar-refractivity contribution in [1.82, 2.24) is 4.90 Å². The molecule has 0 aliphatic carbocycles. The van der Waals surface area contributed by atoms with E-state index in [0.29, 0.717) is 19.7 Å². The monoisotopic (exact) mass is 257 g/mol. The van der Waals surface area contributed by atoms with E-state index < -0.39 is 5.41 Å². The van der Waals surface area contributed by atoms with Crippen molar-refractivity contribution < 1.29 is 19.1 Å². The van der Waals surface area contributed by atoms with Crippen LogP contribution in [0, 0.1) is 11.3 Å². The highest BCUT2D eigenvalue weighted by molar-refractivity contribution is 5.78. The minimum absolute atomic E-state index is 0.154. The van der Waals surface area contributed by atoms with Gasteiger partial charge in [-0.3, -0.25) is 14.5 Å². The molecule has 0 spiro atoms. The zero-order chi connectivity index (χ0) is 13.9. The van der Waals surface area contributed by atoms with Crippen LogP contribution in [0.5, 0.6) is 0 Å². The third-order valence-electron chi connectivity index (χ3n) is 3.95. The van der Waals surface area contributed by atoms with Crippen LogP contribution in [0.3, 0.4) is 0 Å². The van der Waals surface area contributed by atoms with Crippen LogP contribution >= 0.6 is 0 Å². The van der Waals surface area contributed by atoms with Gasteiger partial charge in [-0.05, 0) is 26.7 Å². The van der Waals surface area contributed by atoms with Gasteiger partial charge in [0.2, 0.25) is 0 Å². The number of ether oxygens (including phenoxy) is 2. The van der Waals surface area contributed by atoms with Gasteiger partial charge in [0, 0.05) is 13.1 Å². The van der Waals surface area contributed by atoms with E-state index in [9.17, 15) is 9.59 Å². The fraction of sp³-hybridized carbons (Fsp3) is 0.846. The van der Waals surface area contributed by atoms with Crippen molar-refractivity contribution in [2.75, 3.05) is 26.8 Å². The van der Waals surface area contributed by atoms with Gasteiger partial charge in [0.25, 0.3) is 0 Å². The molecule has 18 heavy (non-hydrogen) atoms. The number of nitrogens with zero attached hydrogens (tertiary/aromatic N) is 1. The molecular weight excluding hydrogens is 234 g/mol. The van der Waals surface area contributed by atoms with Crippen molar-refractivity contribution in [3.05, 3.63) is 0 Å². The fourth-order valence-corrected chi connectivity index (χ4v) is 2.40. The molecule has 1 fully saturated rings. The first-order valence-electron chi connectivity index (χ1n) is 6.36. The largest absolute Gasteiger partial charge is 0.469 e. The molecule has 0 amide bonds. The molecule has 1 rings (SSSR count). The molecule has 5 nitrogen and oxygen atoms in total. The van der Waals surface area contributed by atoms with Gasteiger partial charge < -0.3 is 9.47 Å². The average Bonchev–Trinajstić information content (AvgIpc) is 2.65. The summed E-state index contributed by atoms with van der Waals surface area (Å²) in [6, 6.07) is -0.320. The molecule has 0 radical (unpaired) electrons. The molecule has 1 heterocycles. The predicted octanol–water partition coefficient (Wildman–Crippen LogP) is 1.07. The topological polar surface area (TPSA) is 55.8 Å². The van der Waals surface area contributed by atoms with Crippen molar-refractivity contribution in [1.29, 1.82) is 0 Å². The van der Waals surface area contributed by atoms with E-state index in [4.69, 9.17) is 9.47 Å². The van der Waals surface area contributed by atoms with E-state index in [1.807, 2.05) is 25.7 Å². The van der Waals surface area contributed by atoms with Gasteiger partial charge in [0.05, 0.1) is 19.1 Å². The first-order chi connectivity index (χ1) is 8.36. The lowest BCUT2D eigenvalue weighted by Crippen LogP contribution is -2.41. The van der Waals surface area contributed by atoms with Crippen LogP contribution in [0.25, 0.3) is 0 Å². The van der Waals surface area contributed by atoms with E-state index in [2.05, 4.69) is 0 Å². The molecule has 1 aliphatic rings. The summed E-state index contributed by atoms with van der Waals surface area (Å²) < 4.78 is 9.87. The van der Waals surface area contributed by atoms with Crippen LogP contribution in [0.15, 0.2) is 0 Å². The summed E-state index contributed by atoms with van der Waals surface area (Å²) in [6.07, 6.45) is 0. The number of rotatable bonds is 4. The summed E-state index contributed by atoms with van der Waals surface area (Å²) in [6.45, 7) is 9.10. The highest BCUT2D eigenvalue weighted by Gasteiger charge is 2.49. The maximum atomic E-state index is 11.8. The number of esters is 2. The van der Waals surface area contributed by atoms with Crippen molar-refractivity contribution in [3.8, 4) is 0 Å². The van der Waals surface area contributed by atoms with Crippen LogP contribution < -0.4 is 0 Å². The van der Waals surface area contributed by atoms with Gasteiger partial charge in [0.1, 0.15) is 6.04 Å². The summed E-state index contributed by atoms with van der Waals surface area (Å²) in [5.74, 6) is -0.297. The minimum Gasteiger partial charge on any atom is -0.469 e. The third kappa shape index (κ3) is 2.66. The van der Waals surface area contributed by atoms with Crippen molar-refractivity contribution >= 4 is 11.9 Å². The molecule has 0 aromatic carbocycles. The van der Waals surface area contributed by atoms with Crippen molar-refractivity contribution in [2.45, 2.75) is 33.7 Å². The number of likely N-dealkylation sites (tertiary alicyclic amines) is 1. The summed E-state index contributed by atoms with van der Waals surface area (Å²) in [7, 11) is 1.40. The lowest BCUT2D eigenvalue weighted by Gasteiger charge is -2.26. The molecule has 0 saturated carbocycles. The van der Waals surface area contributed by atoms with Crippen molar-refractivity contribution in [3.63, 3.8) is 0 Å². The summed E-state index contributed by atoms with van der Waals surface area (Å²) >= 11 is 0. The number of methoxy groups -OCH3 is 1. The molecule has 0 aromatic heterocycles. The first-order valence-corrected chi connectivity index (χ1v) is 6.36. The lowest BCUT2D eigenvalue weighted by molar-refractivity contribution is -0.154. The maximum absolute atomic E-state index is 11.8. The van der Waals surface area contributed by atoms with Gasteiger partial charge in [0.15, 0.2) is 0 Å². The average molecular weight is 257 g/mol. The SMILES string of the molecule is CCOC(=O)C(C)N1C[C@@H](C)[C@](C)(C(=O)OC)C1. The Kier molecular flexibility index (Phi) is 4.73. The number of hydrogen-bond acceptors (Lipinski definition) is 5. The second kappa shape index (κ2) is 5.69. The Balaban J connectivity index is 2.74. The van der Waals surface area contributed by atoms with Gasteiger partial charge >= 0.3 is 11.9 Å². The number of carbonyl (C=O) groups is 2. The van der Waals surface area contributed by atoms with Gasteiger partial charge in [-0.2, -0.15) is 0 Å². The van der Waals surface area contributed by atoms with Crippen LogP contribution in [-0.4, -0.2) is 49.7 Å². The number of hydrogen-bond donors (Lipinski definition) is 0. The summed E-state index contributed by atoms with van der Waals surface area (Å²) in [5, 5.41) is 0. The smallest absolute Gasteiger partial charge is 0.323 e. The Labute approximate surface area is 108 Å². The van der Waals surface area contributed by atoms with Crippen LogP contribution in [0.2, 0.25) is 0 Å². The maximum Gasteiger partial charge on any atom is 0.323 e. The molecule has 1 saturated heterocycles. The quantitative estimate of drug-likeness (QED) is 0.705. The third-order valence-corrected chi connectivity index (χ3v) is 3.95. The van der Waals surface area contributed by atoms with Gasteiger partial charge in [-0.25, -0.2) is 0 Å². The highest BCUT2D eigenvalue weighted by Crippen LogP contribution is 2.37. The van der Waals surface area contributed by atoms with E-state index in [0.717, 1.165) is 0 Å². The molecule has 0 aromatic rings. The Bertz CT molecular complexity index is 331. The molecule has 3 atom stereocenters. The predicted molar refractivity (Wildman–Crippen MR) is 67.0 cm³/mol. The molecule has 5 heteroatoms. The number of carbonyl (C=O) groups excluding carboxylic acids is 2. The van der Waals surface area contributed by atoms with E-state index in [1.165, 1.54) is 7.11 Å². The standard InChI is InChI=1S/C13H23NO4/c1-6-18-11(15)10(3)14-7-9(2)13(4,8-14)12(16)17-5/h9-10H,6-8H2,1-5H3/t9-,10?,13-/m1/s1. The van der Waals surface area contributed by atoms with Gasteiger partial charge in [-0.15, -0.1) is 0 Å². The molecule has 0 bridgehead atoms. The van der Waals surface area contributed by atoms with Gasteiger partial charge in [-0.1, -0.05) is 6.92 Å². The normalized spacial score (nSPS) is 29.9. The second-order valence-corrected chi connectivity index (χ2v) is 5.17. The molecule has 1 unspecified atom stereocenters. The zero-order valence-electron chi connectivity index (χ0n) is 11.9. The van der Waals surface area contributed by atoms with Crippen molar-refractivity contribution in [2.24, 2.45) is 11.3 Å². The van der Waals surface area contributed by atoms with E-state index in [1.54, 1.807) is 6.92 Å². The van der Waals surface area contributed by atoms with Crippen LogP contribution in [0.4, 0.5) is 0 Å². The van der Waals surface area contributed by atoms with Crippen LogP contribution in [-0.2, 0) is 19.1 Å². The molecule has 1 aliphatic heterocycles.